The molecule has 0 fully saturated rings. The third-order valence-electron chi connectivity index (χ3n) is 2.78. The first-order valence-corrected chi connectivity index (χ1v) is 7.07. The van der Waals surface area contributed by atoms with Gasteiger partial charge in [0.25, 0.3) is 0 Å². The van der Waals surface area contributed by atoms with E-state index in [0.29, 0.717) is 12.5 Å². The highest BCUT2D eigenvalue weighted by Gasteiger charge is 1.98. The maximum Gasteiger partial charge on any atom is 0.0716 e. The first kappa shape index (κ1) is 16.2. The van der Waals surface area contributed by atoms with E-state index in [0.717, 1.165) is 32.7 Å². The molecule has 3 heteroatoms. The van der Waals surface area contributed by atoms with Crippen molar-refractivity contribution in [2.24, 2.45) is 5.92 Å². The number of rotatable bonds is 10. The van der Waals surface area contributed by atoms with Gasteiger partial charge in [-0.1, -0.05) is 38.1 Å². The molecule has 1 aromatic carbocycles. The minimum absolute atomic E-state index is 0.682. The van der Waals surface area contributed by atoms with Crippen molar-refractivity contribution in [3.63, 3.8) is 0 Å². The average molecular weight is 265 g/mol. The number of methoxy groups -OCH3 is 1. The van der Waals surface area contributed by atoms with Gasteiger partial charge in [-0.05, 0) is 30.0 Å². The van der Waals surface area contributed by atoms with Gasteiger partial charge in [0.05, 0.1) is 6.61 Å². The van der Waals surface area contributed by atoms with Crippen molar-refractivity contribution in [3.05, 3.63) is 35.4 Å². The van der Waals surface area contributed by atoms with Gasteiger partial charge in [-0.15, -0.1) is 0 Å². The summed E-state index contributed by atoms with van der Waals surface area (Å²) < 4.78 is 10.6. The van der Waals surface area contributed by atoms with Crippen LogP contribution in [0.1, 0.15) is 31.4 Å². The molecule has 0 unspecified atom stereocenters. The van der Waals surface area contributed by atoms with Gasteiger partial charge in [-0.2, -0.15) is 0 Å². The molecule has 3 nitrogen and oxygen atoms in total. The fraction of sp³-hybridized carbons (Fsp3) is 0.625. The van der Waals surface area contributed by atoms with Crippen LogP contribution >= 0.6 is 0 Å². The summed E-state index contributed by atoms with van der Waals surface area (Å²) in [5, 5.41) is 3.45. The van der Waals surface area contributed by atoms with Gasteiger partial charge in [-0.25, -0.2) is 0 Å². The lowest BCUT2D eigenvalue weighted by molar-refractivity contribution is 0.0928. The van der Waals surface area contributed by atoms with Crippen LogP contribution in [0, 0.1) is 5.92 Å². The summed E-state index contributed by atoms with van der Waals surface area (Å²) in [4.78, 5) is 0. The molecule has 0 aliphatic rings. The van der Waals surface area contributed by atoms with E-state index in [4.69, 9.17) is 9.47 Å². The van der Waals surface area contributed by atoms with Gasteiger partial charge in [0, 0.05) is 26.9 Å². The lowest BCUT2D eigenvalue weighted by Crippen LogP contribution is -2.18. The molecule has 0 atom stereocenters. The summed E-state index contributed by atoms with van der Waals surface area (Å²) in [7, 11) is 1.72. The lowest BCUT2D eigenvalue weighted by atomic mass is 10.1. The first-order valence-electron chi connectivity index (χ1n) is 7.07. The molecule has 1 N–H and O–H groups in total. The molecule has 0 bridgehead atoms. The normalized spacial score (nSPS) is 11.2. The van der Waals surface area contributed by atoms with Crippen LogP contribution in [-0.4, -0.2) is 26.9 Å². The minimum atomic E-state index is 0.682. The second kappa shape index (κ2) is 9.96. The molecule has 0 aromatic heterocycles. The Hall–Kier alpha value is -0.900. The van der Waals surface area contributed by atoms with E-state index in [1.165, 1.54) is 11.1 Å². The third-order valence-corrected chi connectivity index (χ3v) is 2.78. The Kier molecular flexibility index (Phi) is 8.47. The fourth-order valence-electron chi connectivity index (χ4n) is 1.83. The number of benzene rings is 1. The zero-order chi connectivity index (χ0) is 13.9. The van der Waals surface area contributed by atoms with E-state index in [1.54, 1.807) is 7.11 Å². The maximum atomic E-state index is 5.62. The topological polar surface area (TPSA) is 30.5 Å². The fourth-order valence-corrected chi connectivity index (χ4v) is 1.83. The van der Waals surface area contributed by atoms with E-state index in [9.17, 15) is 0 Å². The summed E-state index contributed by atoms with van der Waals surface area (Å²) in [6, 6.07) is 8.58. The smallest absolute Gasteiger partial charge is 0.0716 e. The van der Waals surface area contributed by atoms with Crippen molar-refractivity contribution in [1.29, 1.82) is 0 Å². The predicted octanol–water partition coefficient (Wildman–Crippen LogP) is 2.99. The van der Waals surface area contributed by atoms with Gasteiger partial charge < -0.3 is 14.8 Å². The second-order valence-corrected chi connectivity index (χ2v) is 5.24. The largest absolute Gasteiger partial charge is 0.385 e. The van der Waals surface area contributed by atoms with E-state index < -0.39 is 0 Å². The van der Waals surface area contributed by atoms with Crippen molar-refractivity contribution in [1.82, 2.24) is 5.32 Å². The molecule has 1 aromatic rings. The van der Waals surface area contributed by atoms with Crippen LogP contribution in [0.25, 0.3) is 0 Å². The van der Waals surface area contributed by atoms with Crippen molar-refractivity contribution in [2.45, 2.75) is 33.4 Å². The van der Waals surface area contributed by atoms with Gasteiger partial charge >= 0.3 is 0 Å². The third kappa shape index (κ3) is 7.98. The van der Waals surface area contributed by atoms with Crippen molar-refractivity contribution in [2.75, 3.05) is 26.9 Å². The first-order chi connectivity index (χ1) is 9.22. The minimum Gasteiger partial charge on any atom is -0.385 e. The Bertz CT molecular complexity index is 339. The quantitative estimate of drug-likeness (QED) is 0.660. The molecule has 19 heavy (non-hydrogen) atoms. The van der Waals surface area contributed by atoms with E-state index >= 15 is 0 Å². The molecule has 0 heterocycles. The Morgan fingerprint density at radius 2 is 1.95 bits per heavy atom. The van der Waals surface area contributed by atoms with Crippen LogP contribution in [0.3, 0.4) is 0 Å². The summed E-state index contributed by atoms with van der Waals surface area (Å²) in [5.41, 5.74) is 2.56. The zero-order valence-electron chi connectivity index (χ0n) is 12.4. The predicted molar refractivity (Wildman–Crippen MR) is 79.1 cm³/mol. The van der Waals surface area contributed by atoms with Gasteiger partial charge in [-0.3, -0.25) is 0 Å². The number of hydrogen-bond donors (Lipinski definition) is 1. The van der Waals surface area contributed by atoms with Crippen molar-refractivity contribution in [3.8, 4) is 0 Å². The van der Waals surface area contributed by atoms with E-state index in [-0.39, 0.29) is 0 Å². The molecular formula is C16H27NO2. The zero-order valence-corrected chi connectivity index (χ0v) is 12.4. The van der Waals surface area contributed by atoms with Crippen LogP contribution in [0.2, 0.25) is 0 Å². The van der Waals surface area contributed by atoms with Crippen LogP contribution < -0.4 is 5.32 Å². The molecule has 0 saturated heterocycles. The molecule has 0 aliphatic carbocycles. The Morgan fingerprint density at radius 3 is 2.68 bits per heavy atom. The monoisotopic (exact) mass is 265 g/mol. The van der Waals surface area contributed by atoms with Gasteiger partial charge in [0.2, 0.25) is 0 Å². The summed E-state index contributed by atoms with van der Waals surface area (Å²) >= 11 is 0. The molecule has 1 rings (SSSR count). The van der Waals surface area contributed by atoms with Crippen LogP contribution in [-0.2, 0) is 22.6 Å². The van der Waals surface area contributed by atoms with Crippen molar-refractivity contribution < 1.29 is 9.47 Å². The molecule has 0 radical (unpaired) electrons. The Balaban J connectivity index is 2.27. The highest BCUT2D eigenvalue weighted by molar-refractivity contribution is 5.22. The number of hydrogen-bond acceptors (Lipinski definition) is 3. The van der Waals surface area contributed by atoms with Crippen LogP contribution in [0.4, 0.5) is 0 Å². The highest BCUT2D eigenvalue weighted by Crippen LogP contribution is 2.07. The van der Waals surface area contributed by atoms with E-state index in [2.05, 4.69) is 43.4 Å². The van der Waals surface area contributed by atoms with Gasteiger partial charge in [0.1, 0.15) is 0 Å². The highest BCUT2D eigenvalue weighted by atomic mass is 16.5. The lowest BCUT2D eigenvalue weighted by Gasteiger charge is -2.09. The second-order valence-electron chi connectivity index (χ2n) is 5.24. The summed E-state index contributed by atoms with van der Waals surface area (Å²) in [5.74, 6) is 0.687. The Morgan fingerprint density at radius 1 is 1.16 bits per heavy atom. The van der Waals surface area contributed by atoms with Gasteiger partial charge in [0.15, 0.2) is 0 Å². The Labute approximate surface area is 117 Å². The molecule has 0 spiro atoms. The summed E-state index contributed by atoms with van der Waals surface area (Å²) in [6.07, 6.45) is 0.951. The van der Waals surface area contributed by atoms with Crippen LogP contribution in [0.15, 0.2) is 24.3 Å². The standard InChI is InChI=1S/C16H27NO2/c1-14(2)11-17-12-15-6-4-7-16(10-15)13-19-9-5-8-18-3/h4,6-7,10,14,17H,5,8-9,11-13H2,1-3H3. The number of nitrogens with one attached hydrogen (secondary N) is 1. The molecular weight excluding hydrogens is 238 g/mol. The molecule has 0 saturated carbocycles. The average Bonchev–Trinajstić information content (AvgIpc) is 2.39. The molecule has 0 amide bonds. The number of ether oxygens (including phenoxy) is 2. The summed E-state index contributed by atoms with van der Waals surface area (Å²) in [6.45, 7) is 8.62. The van der Waals surface area contributed by atoms with Crippen molar-refractivity contribution >= 4 is 0 Å². The van der Waals surface area contributed by atoms with E-state index in [1.807, 2.05) is 0 Å². The maximum absolute atomic E-state index is 5.62. The van der Waals surface area contributed by atoms with Crippen LogP contribution in [0.5, 0.6) is 0 Å². The molecule has 0 aliphatic heterocycles. The molecule has 108 valence electrons. The SMILES string of the molecule is COCCCOCc1cccc(CNCC(C)C)c1.